The van der Waals surface area contributed by atoms with Crippen molar-refractivity contribution in [2.45, 2.75) is 32.2 Å². The minimum absolute atomic E-state index is 0.0277. The first-order chi connectivity index (χ1) is 12.5. The first-order valence-electron chi connectivity index (χ1n) is 8.71. The molecule has 2 aromatic rings. The molecule has 26 heavy (non-hydrogen) atoms. The maximum absolute atomic E-state index is 11.9. The van der Waals surface area contributed by atoms with E-state index in [0.717, 1.165) is 5.69 Å². The van der Waals surface area contributed by atoms with Gasteiger partial charge in [0, 0.05) is 37.2 Å². The number of hydrogen-bond acceptors (Lipinski definition) is 5. The highest BCUT2D eigenvalue weighted by atomic mass is 32.2. The van der Waals surface area contributed by atoms with Crippen molar-refractivity contribution in [3.8, 4) is 11.4 Å². The Bertz CT molecular complexity index is 832. The van der Waals surface area contributed by atoms with Gasteiger partial charge < -0.3 is 4.74 Å². The standard InChI is InChI=1S/C18H23N3O4S/c1-2-26(23,24)20-18-9-6-16(22)12-14(18)13-25-17-7-4-15(5-8-17)21-11-3-10-19-21/h3-5,7-8,10-11,14,18,20H,2,6,9,12-13H2,1H3/t14-,18+/m0/s1. The van der Waals surface area contributed by atoms with Gasteiger partial charge in [0.1, 0.15) is 11.5 Å². The highest BCUT2D eigenvalue weighted by Gasteiger charge is 2.32. The number of carbonyl (C=O) groups is 1. The van der Waals surface area contributed by atoms with Crippen molar-refractivity contribution in [3.05, 3.63) is 42.7 Å². The number of hydrogen-bond donors (Lipinski definition) is 1. The highest BCUT2D eigenvalue weighted by Crippen LogP contribution is 2.24. The van der Waals surface area contributed by atoms with Gasteiger partial charge in [-0.3, -0.25) is 4.79 Å². The molecule has 3 rings (SSSR count). The molecule has 0 aliphatic heterocycles. The van der Waals surface area contributed by atoms with Crippen LogP contribution in [-0.4, -0.2) is 42.4 Å². The van der Waals surface area contributed by atoms with E-state index in [1.54, 1.807) is 17.8 Å². The number of ketones is 1. The van der Waals surface area contributed by atoms with Gasteiger partial charge in [-0.25, -0.2) is 17.8 Å². The zero-order valence-electron chi connectivity index (χ0n) is 14.7. The van der Waals surface area contributed by atoms with Gasteiger partial charge in [-0.2, -0.15) is 5.10 Å². The van der Waals surface area contributed by atoms with Crippen LogP contribution in [0.15, 0.2) is 42.7 Å². The van der Waals surface area contributed by atoms with Gasteiger partial charge >= 0.3 is 0 Å². The topological polar surface area (TPSA) is 90.3 Å². The summed E-state index contributed by atoms with van der Waals surface area (Å²) in [5.41, 5.74) is 0.920. The van der Waals surface area contributed by atoms with Crippen LogP contribution < -0.4 is 9.46 Å². The van der Waals surface area contributed by atoms with E-state index in [4.69, 9.17) is 4.74 Å². The smallest absolute Gasteiger partial charge is 0.211 e. The average molecular weight is 377 g/mol. The van der Waals surface area contributed by atoms with Gasteiger partial charge in [-0.1, -0.05) is 0 Å². The molecular formula is C18H23N3O4S. The van der Waals surface area contributed by atoms with Gasteiger partial charge in [0.25, 0.3) is 0 Å². The van der Waals surface area contributed by atoms with Gasteiger partial charge in [-0.05, 0) is 43.7 Å². The summed E-state index contributed by atoms with van der Waals surface area (Å²) in [5.74, 6) is 0.693. The summed E-state index contributed by atoms with van der Waals surface area (Å²) >= 11 is 0. The second-order valence-corrected chi connectivity index (χ2v) is 8.47. The van der Waals surface area contributed by atoms with Crippen molar-refractivity contribution in [3.63, 3.8) is 0 Å². The summed E-state index contributed by atoms with van der Waals surface area (Å²) in [5, 5.41) is 4.17. The summed E-state index contributed by atoms with van der Waals surface area (Å²) < 4.78 is 34.0. The van der Waals surface area contributed by atoms with Crippen LogP contribution in [0, 0.1) is 5.92 Å². The molecule has 0 bridgehead atoms. The fourth-order valence-electron chi connectivity index (χ4n) is 3.05. The predicted molar refractivity (Wildman–Crippen MR) is 97.8 cm³/mol. The average Bonchev–Trinajstić information content (AvgIpc) is 3.17. The maximum atomic E-state index is 11.9. The molecule has 2 atom stereocenters. The van der Waals surface area contributed by atoms with Crippen LogP contribution in [0.2, 0.25) is 0 Å². The number of carbonyl (C=O) groups excluding carboxylic acids is 1. The number of nitrogens with zero attached hydrogens (tertiary/aromatic N) is 2. The van der Waals surface area contributed by atoms with Gasteiger partial charge in [0.05, 0.1) is 18.0 Å². The Morgan fingerprint density at radius 1 is 1.31 bits per heavy atom. The lowest BCUT2D eigenvalue weighted by atomic mass is 9.85. The first kappa shape index (κ1) is 18.6. The van der Waals surface area contributed by atoms with Crippen molar-refractivity contribution >= 4 is 15.8 Å². The summed E-state index contributed by atoms with van der Waals surface area (Å²) in [6.07, 6.45) is 4.83. The number of ether oxygens (including phenoxy) is 1. The number of aromatic nitrogens is 2. The van der Waals surface area contributed by atoms with Gasteiger partial charge in [0.2, 0.25) is 10.0 Å². The minimum atomic E-state index is -3.31. The van der Waals surface area contributed by atoms with E-state index >= 15 is 0 Å². The molecule has 8 heteroatoms. The second-order valence-electron chi connectivity index (χ2n) is 6.42. The summed E-state index contributed by atoms with van der Waals surface area (Å²) in [6, 6.07) is 9.06. The number of Topliss-reactive ketones (excluding diaryl/α,β-unsaturated/α-hetero) is 1. The molecule has 1 aliphatic carbocycles. The molecule has 1 heterocycles. The van der Waals surface area contributed by atoms with E-state index in [1.165, 1.54) is 0 Å². The van der Waals surface area contributed by atoms with Crippen LogP contribution in [0.5, 0.6) is 5.75 Å². The third-order valence-electron chi connectivity index (χ3n) is 4.57. The van der Waals surface area contributed by atoms with Crippen molar-refractivity contribution in [2.75, 3.05) is 12.4 Å². The summed E-state index contributed by atoms with van der Waals surface area (Å²) in [4.78, 5) is 11.8. The van der Waals surface area contributed by atoms with Gasteiger partial charge in [-0.15, -0.1) is 0 Å². The van der Waals surface area contributed by atoms with Crippen molar-refractivity contribution in [1.82, 2.24) is 14.5 Å². The van der Waals surface area contributed by atoms with E-state index in [9.17, 15) is 13.2 Å². The Morgan fingerprint density at radius 2 is 2.08 bits per heavy atom. The Balaban J connectivity index is 1.63. The van der Waals surface area contributed by atoms with E-state index < -0.39 is 10.0 Å². The minimum Gasteiger partial charge on any atom is -0.493 e. The van der Waals surface area contributed by atoms with Crippen LogP contribution in [0.25, 0.3) is 5.69 Å². The molecule has 140 valence electrons. The number of rotatable bonds is 7. The molecule has 0 radical (unpaired) electrons. The molecule has 0 amide bonds. The van der Waals surface area contributed by atoms with Crippen molar-refractivity contribution < 1.29 is 17.9 Å². The third-order valence-corrected chi connectivity index (χ3v) is 6.00. The van der Waals surface area contributed by atoms with Crippen LogP contribution in [0.3, 0.4) is 0 Å². The molecule has 7 nitrogen and oxygen atoms in total. The molecular weight excluding hydrogens is 354 g/mol. The molecule has 1 saturated carbocycles. The molecule has 1 N–H and O–H groups in total. The largest absolute Gasteiger partial charge is 0.493 e. The number of nitrogens with one attached hydrogen (secondary N) is 1. The predicted octanol–water partition coefficient (Wildman–Crippen LogP) is 1.93. The Labute approximate surface area is 153 Å². The molecule has 1 fully saturated rings. The SMILES string of the molecule is CCS(=O)(=O)N[C@@H]1CCC(=O)C[C@H]1COc1ccc(-n2cccn2)cc1. The number of sulfonamides is 1. The van der Waals surface area contributed by atoms with E-state index in [1.807, 2.05) is 36.5 Å². The second kappa shape index (κ2) is 8.01. The van der Waals surface area contributed by atoms with E-state index in [2.05, 4.69) is 9.82 Å². The molecule has 1 aliphatic rings. The first-order valence-corrected chi connectivity index (χ1v) is 10.4. The fourth-order valence-corrected chi connectivity index (χ4v) is 3.99. The maximum Gasteiger partial charge on any atom is 0.211 e. The summed E-state index contributed by atoms with van der Waals surface area (Å²) in [7, 11) is -3.31. The molecule has 0 spiro atoms. The zero-order chi connectivity index (χ0) is 18.6. The van der Waals surface area contributed by atoms with E-state index in [0.29, 0.717) is 31.6 Å². The monoisotopic (exact) mass is 377 g/mol. The third kappa shape index (κ3) is 4.70. The molecule has 1 aromatic heterocycles. The van der Waals surface area contributed by atoms with Crippen LogP contribution in [-0.2, 0) is 14.8 Å². The lowest BCUT2D eigenvalue weighted by molar-refractivity contribution is -0.122. The van der Waals surface area contributed by atoms with Crippen LogP contribution in [0.4, 0.5) is 0 Å². The normalized spacial score (nSPS) is 20.9. The van der Waals surface area contributed by atoms with Crippen molar-refractivity contribution in [1.29, 1.82) is 0 Å². The van der Waals surface area contributed by atoms with Crippen LogP contribution >= 0.6 is 0 Å². The lowest BCUT2D eigenvalue weighted by Gasteiger charge is -2.31. The van der Waals surface area contributed by atoms with Crippen LogP contribution in [0.1, 0.15) is 26.2 Å². The van der Waals surface area contributed by atoms with Gasteiger partial charge in [0.15, 0.2) is 0 Å². The Hall–Kier alpha value is -2.19. The number of benzene rings is 1. The van der Waals surface area contributed by atoms with Crippen molar-refractivity contribution in [2.24, 2.45) is 5.92 Å². The Morgan fingerprint density at radius 3 is 2.73 bits per heavy atom. The lowest BCUT2D eigenvalue weighted by Crippen LogP contribution is -2.46. The summed E-state index contributed by atoms with van der Waals surface area (Å²) in [6.45, 7) is 1.90. The fraction of sp³-hybridized carbons (Fsp3) is 0.444. The Kier molecular flexibility index (Phi) is 5.73. The molecule has 0 saturated heterocycles. The molecule has 0 unspecified atom stereocenters. The zero-order valence-corrected chi connectivity index (χ0v) is 15.5. The van der Waals surface area contributed by atoms with E-state index in [-0.39, 0.29) is 23.5 Å². The molecule has 1 aromatic carbocycles. The quantitative estimate of drug-likeness (QED) is 0.796. The highest BCUT2D eigenvalue weighted by molar-refractivity contribution is 7.89.